The molecule has 58 heavy (non-hydrogen) atoms. The lowest BCUT2D eigenvalue weighted by Gasteiger charge is -2.40. The Labute approximate surface area is 348 Å². The van der Waals surface area contributed by atoms with Crippen LogP contribution in [0, 0.1) is 13.8 Å². The number of amides is 3. The molecular weight excluding hydrogens is 775 g/mol. The van der Waals surface area contributed by atoms with Crippen LogP contribution in [0.5, 0.6) is 17.2 Å². The third kappa shape index (κ3) is 8.63. The summed E-state index contributed by atoms with van der Waals surface area (Å²) >= 11 is 12.2. The molecule has 0 radical (unpaired) electrons. The van der Waals surface area contributed by atoms with E-state index in [0.717, 1.165) is 50.2 Å². The molecule has 1 aromatic heterocycles. The number of ketones is 1. The number of fused-ring (bicyclic) bond motifs is 2. The van der Waals surface area contributed by atoms with Crippen LogP contribution >= 0.6 is 23.2 Å². The molecule has 1 fully saturated rings. The second kappa shape index (κ2) is 17.1. The molecule has 12 heteroatoms. The van der Waals surface area contributed by atoms with Gasteiger partial charge < -0.3 is 29.3 Å². The second-order valence-electron chi connectivity index (χ2n) is 15.1. The van der Waals surface area contributed by atoms with E-state index in [1.54, 1.807) is 21.9 Å². The molecule has 298 valence electrons. The zero-order valence-electron chi connectivity index (χ0n) is 32.4. The van der Waals surface area contributed by atoms with E-state index < -0.39 is 6.04 Å². The molecular formula is C46H44Cl2N4O6. The van der Waals surface area contributed by atoms with E-state index in [1.165, 1.54) is 0 Å². The van der Waals surface area contributed by atoms with Gasteiger partial charge in [-0.05, 0) is 107 Å². The maximum atomic E-state index is 14.1. The van der Waals surface area contributed by atoms with Crippen molar-refractivity contribution in [3.8, 4) is 28.4 Å². The quantitative estimate of drug-likeness (QED) is 0.159. The molecule has 2 atom stereocenters. The Balaban J connectivity index is 0.937. The van der Waals surface area contributed by atoms with Crippen molar-refractivity contribution in [2.24, 2.45) is 0 Å². The van der Waals surface area contributed by atoms with Crippen molar-refractivity contribution in [2.75, 3.05) is 26.2 Å². The van der Waals surface area contributed by atoms with Gasteiger partial charge in [-0.3, -0.25) is 14.6 Å². The molecule has 1 N–H and O–H groups in total. The minimum Gasteiger partial charge on any atom is -0.489 e. The summed E-state index contributed by atoms with van der Waals surface area (Å²) in [4.78, 5) is 47.8. The van der Waals surface area contributed by atoms with Gasteiger partial charge in [0.15, 0.2) is 17.6 Å². The van der Waals surface area contributed by atoms with Gasteiger partial charge in [0, 0.05) is 57.3 Å². The number of benzene rings is 4. The van der Waals surface area contributed by atoms with Crippen molar-refractivity contribution in [1.82, 2.24) is 20.1 Å². The van der Waals surface area contributed by atoms with E-state index in [9.17, 15) is 14.4 Å². The second-order valence-corrected chi connectivity index (χ2v) is 15.9. The Bertz CT molecular complexity index is 2340. The summed E-state index contributed by atoms with van der Waals surface area (Å²) in [7, 11) is 0. The summed E-state index contributed by atoms with van der Waals surface area (Å²) in [6, 6.07) is 26.4. The van der Waals surface area contributed by atoms with Crippen LogP contribution in [0.2, 0.25) is 10.0 Å². The lowest BCUT2D eigenvalue weighted by atomic mass is 9.92. The summed E-state index contributed by atoms with van der Waals surface area (Å²) in [5, 5.41) is 4.09. The van der Waals surface area contributed by atoms with Gasteiger partial charge in [-0.25, -0.2) is 4.79 Å². The van der Waals surface area contributed by atoms with Crippen molar-refractivity contribution in [1.29, 1.82) is 0 Å². The average Bonchev–Trinajstić information content (AvgIpc) is 3.24. The average molecular weight is 820 g/mol. The first kappa shape index (κ1) is 39.3. The topological polar surface area (TPSA) is 110 Å². The van der Waals surface area contributed by atoms with E-state index in [-0.39, 0.29) is 30.4 Å². The minimum atomic E-state index is -0.731. The zero-order valence-corrected chi connectivity index (χ0v) is 33.9. The molecule has 3 aliphatic heterocycles. The summed E-state index contributed by atoms with van der Waals surface area (Å²) < 4.78 is 18.7. The number of aromatic nitrogens is 1. The van der Waals surface area contributed by atoms with Crippen molar-refractivity contribution < 1.29 is 28.6 Å². The van der Waals surface area contributed by atoms with Crippen LogP contribution < -0.4 is 19.5 Å². The third-order valence-corrected chi connectivity index (χ3v) is 12.0. The van der Waals surface area contributed by atoms with Crippen LogP contribution in [-0.4, -0.2) is 64.8 Å². The lowest BCUT2D eigenvalue weighted by molar-refractivity contribution is -0.126. The maximum absolute atomic E-state index is 14.1. The van der Waals surface area contributed by atoms with E-state index in [1.807, 2.05) is 61.7 Å². The first-order chi connectivity index (χ1) is 28.1. The normalized spacial score (nSPS) is 17.4. The van der Waals surface area contributed by atoms with E-state index >= 15 is 0 Å². The number of Topliss-reactive ketones (excluding diaryl/α,β-unsaturated/α-hetero) is 1. The molecule has 4 aromatic carbocycles. The van der Waals surface area contributed by atoms with Crippen molar-refractivity contribution in [3.05, 3.63) is 140 Å². The number of carbonyl (C=O) groups excluding carboxylic acids is 3. The van der Waals surface area contributed by atoms with Gasteiger partial charge in [0.25, 0.3) is 0 Å². The molecule has 10 nitrogen and oxygen atoms in total. The number of urea groups is 1. The molecule has 3 amide bonds. The molecule has 1 saturated heterocycles. The van der Waals surface area contributed by atoms with Gasteiger partial charge in [0.2, 0.25) is 5.91 Å². The van der Waals surface area contributed by atoms with Crippen molar-refractivity contribution in [3.63, 3.8) is 0 Å². The molecule has 0 bridgehead atoms. The Morgan fingerprint density at radius 1 is 0.879 bits per heavy atom. The summed E-state index contributed by atoms with van der Waals surface area (Å²) in [6.07, 6.45) is 3.06. The van der Waals surface area contributed by atoms with Gasteiger partial charge >= 0.3 is 6.03 Å². The van der Waals surface area contributed by atoms with Gasteiger partial charge in [-0.15, -0.1) is 0 Å². The number of rotatable bonds is 9. The van der Waals surface area contributed by atoms with Gasteiger partial charge in [-0.2, -0.15) is 0 Å². The fraction of sp³-hybridized carbons (Fsp3) is 0.304. The summed E-state index contributed by atoms with van der Waals surface area (Å²) in [5.74, 6) is 1.80. The standard InChI is InChI=1S/C46H44Cl2N4O6/c1-28-29(2)49-18-14-38(28)32-6-3-30(4-7-32)13-17-50-45(54)41-22-34-23-42-43(24-35(34)25-52(41)46(55)51-19-15-36(53)16-20-51)58-44(27-57-42)33-8-10-37(11-9-33)56-26-31-5-12-39(47)40(48)21-31/h3-12,14,18,21,23-24,41,44H,13,15-17,19-20,22,25-27H2,1-2H3,(H,50,54). The molecule has 3 aliphatic rings. The molecule has 0 spiro atoms. The van der Waals surface area contributed by atoms with Crippen molar-refractivity contribution in [2.45, 2.75) is 64.8 Å². The molecule has 2 unspecified atom stereocenters. The Kier molecular flexibility index (Phi) is 11.6. The minimum absolute atomic E-state index is 0.144. The number of pyridine rings is 1. The van der Waals surface area contributed by atoms with Gasteiger partial charge in [-0.1, -0.05) is 65.7 Å². The summed E-state index contributed by atoms with van der Waals surface area (Å²) in [5.41, 5.74) is 9.18. The SMILES string of the molecule is Cc1nccc(-c2ccc(CCNC(=O)C3Cc4cc5c(cc4CN3C(=O)N3CCC(=O)CC3)OC(c3ccc(OCc4ccc(Cl)c(Cl)c4)cc3)CO5)cc2)c1C. The van der Waals surface area contributed by atoms with Crippen LogP contribution in [0.1, 0.15) is 58.0 Å². The first-order valence-electron chi connectivity index (χ1n) is 19.6. The third-order valence-electron chi connectivity index (χ3n) is 11.3. The first-order valence-corrected chi connectivity index (χ1v) is 20.3. The number of nitrogens with zero attached hydrogens (tertiary/aromatic N) is 3. The number of carbonyl (C=O) groups is 3. The number of likely N-dealkylation sites (tertiary alicyclic amines) is 1. The van der Waals surface area contributed by atoms with Gasteiger partial charge in [0.05, 0.1) is 10.0 Å². The predicted octanol–water partition coefficient (Wildman–Crippen LogP) is 8.63. The molecule has 0 saturated carbocycles. The van der Waals surface area contributed by atoms with Crippen LogP contribution in [0.3, 0.4) is 0 Å². The monoisotopic (exact) mass is 818 g/mol. The number of aryl methyl sites for hydroxylation is 1. The van der Waals surface area contributed by atoms with Crippen molar-refractivity contribution >= 4 is 40.9 Å². The Morgan fingerprint density at radius 3 is 2.38 bits per heavy atom. The van der Waals surface area contributed by atoms with Crippen LogP contribution in [0.15, 0.2) is 91.1 Å². The lowest BCUT2D eigenvalue weighted by Crippen LogP contribution is -2.57. The highest BCUT2D eigenvalue weighted by atomic mass is 35.5. The number of hydrogen-bond acceptors (Lipinski definition) is 7. The Hall–Kier alpha value is -5.58. The highest BCUT2D eigenvalue weighted by molar-refractivity contribution is 6.42. The highest BCUT2D eigenvalue weighted by Gasteiger charge is 2.39. The number of nitrogens with one attached hydrogen (secondary N) is 1. The van der Waals surface area contributed by atoms with Crippen LogP contribution in [0.4, 0.5) is 4.79 Å². The number of ether oxygens (including phenoxy) is 3. The predicted molar refractivity (Wildman–Crippen MR) is 223 cm³/mol. The Morgan fingerprint density at radius 2 is 1.62 bits per heavy atom. The smallest absolute Gasteiger partial charge is 0.321 e. The number of halogens is 2. The fourth-order valence-electron chi connectivity index (χ4n) is 7.71. The number of hydrogen-bond donors (Lipinski definition) is 1. The summed E-state index contributed by atoms with van der Waals surface area (Å²) in [6.45, 7) is 6.06. The molecule has 5 aromatic rings. The van der Waals surface area contributed by atoms with E-state index in [2.05, 4.69) is 41.5 Å². The largest absolute Gasteiger partial charge is 0.489 e. The number of piperidine rings is 1. The van der Waals surface area contributed by atoms with Gasteiger partial charge in [0.1, 0.15) is 30.8 Å². The van der Waals surface area contributed by atoms with Crippen LogP contribution in [0.25, 0.3) is 11.1 Å². The molecule has 4 heterocycles. The maximum Gasteiger partial charge on any atom is 0.321 e. The molecule has 0 aliphatic carbocycles. The fourth-order valence-corrected chi connectivity index (χ4v) is 8.03. The van der Waals surface area contributed by atoms with Crippen LogP contribution in [-0.2, 0) is 35.6 Å². The highest BCUT2D eigenvalue weighted by Crippen LogP contribution is 2.41. The molecule has 8 rings (SSSR count). The van der Waals surface area contributed by atoms with E-state index in [4.69, 9.17) is 37.4 Å². The van der Waals surface area contributed by atoms with E-state index in [0.29, 0.717) is 85.8 Å². The zero-order chi connectivity index (χ0) is 40.3.